The first kappa shape index (κ1) is 14.6. The number of aryl methyl sites for hydroxylation is 1. The van der Waals surface area contributed by atoms with E-state index in [9.17, 15) is 9.18 Å². The van der Waals surface area contributed by atoms with Gasteiger partial charge in [-0.05, 0) is 41.5 Å². The Kier molecular flexibility index (Phi) is 3.37. The van der Waals surface area contributed by atoms with Crippen LogP contribution in [0, 0.1) is 5.82 Å². The molecule has 5 nitrogen and oxygen atoms in total. The molecule has 0 unspecified atom stereocenters. The van der Waals surface area contributed by atoms with E-state index >= 15 is 0 Å². The molecule has 1 N–H and O–H groups in total. The summed E-state index contributed by atoms with van der Waals surface area (Å²) in [6.45, 7) is 0.439. The van der Waals surface area contributed by atoms with Gasteiger partial charge in [-0.25, -0.2) is 4.39 Å². The van der Waals surface area contributed by atoms with Crippen molar-refractivity contribution in [3.05, 3.63) is 59.8 Å². The normalized spacial score (nSPS) is 13.5. The molecule has 1 aromatic carbocycles. The van der Waals surface area contributed by atoms with Gasteiger partial charge in [0.2, 0.25) is 5.91 Å². The van der Waals surface area contributed by atoms with Gasteiger partial charge in [-0.3, -0.25) is 14.5 Å². The number of hydrogen-bond donors (Lipinski definition) is 1. The highest BCUT2D eigenvalue weighted by molar-refractivity contribution is 5.87. The Morgan fingerprint density at radius 3 is 2.75 bits per heavy atom. The molecule has 3 aromatic rings. The highest BCUT2D eigenvalue weighted by atomic mass is 19.1. The van der Waals surface area contributed by atoms with Gasteiger partial charge in [0, 0.05) is 30.6 Å². The van der Waals surface area contributed by atoms with Gasteiger partial charge < -0.3 is 5.32 Å². The van der Waals surface area contributed by atoms with Gasteiger partial charge in [0.25, 0.3) is 0 Å². The largest absolute Gasteiger partial charge is 0.350 e. The number of amides is 1. The molecule has 6 heteroatoms. The lowest BCUT2D eigenvalue weighted by molar-refractivity contribution is -0.121. The van der Waals surface area contributed by atoms with Crippen LogP contribution in [0.1, 0.15) is 11.3 Å². The van der Waals surface area contributed by atoms with Gasteiger partial charge >= 0.3 is 0 Å². The molecule has 1 amide bonds. The molecule has 24 heavy (non-hydrogen) atoms. The van der Waals surface area contributed by atoms with E-state index in [1.807, 2.05) is 19.3 Å². The summed E-state index contributed by atoms with van der Waals surface area (Å²) >= 11 is 0. The van der Waals surface area contributed by atoms with Crippen molar-refractivity contribution in [1.29, 1.82) is 0 Å². The topological polar surface area (TPSA) is 59.8 Å². The molecule has 1 aliphatic rings. The van der Waals surface area contributed by atoms with Crippen LogP contribution in [-0.4, -0.2) is 20.7 Å². The molecular formula is C18H15FN4O. The van der Waals surface area contributed by atoms with Crippen LogP contribution in [0.2, 0.25) is 0 Å². The Morgan fingerprint density at radius 2 is 1.96 bits per heavy atom. The molecule has 0 fully saturated rings. The Labute approximate surface area is 138 Å². The number of benzene rings is 1. The number of halogens is 1. The first-order valence-corrected chi connectivity index (χ1v) is 7.65. The predicted molar refractivity (Wildman–Crippen MR) is 87.4 cm³/mol. The fraction of sp³-hybridized carbons (Fsp3) is 0.167. The molecule has 0 radical (unpaired) electrons. The number of nitrogens with one attached hydrogen (secondary N) is 1. The van der Waals surface area contributed by atoms with Crippen molar-refractivity contribution in [3.8, 4) is 22.4 Å². The van der Waals surface area contributed by atoms with Gasteiger partial charge in [-0.1, -0.05) is 0 Å². The molecule has 0 saturated carbocycles. The minimum atomic E-state index is -0.283. The average molecular weight is 322 g/mol. The molecule has 0 spiro atoms. The maximum absolute atomic E-state index is 13.2. The molecular weight excluding hydrogens is 307 g/mol. The van der Waals surface area contributed by atoms with Crippen LogP contribution in [0.4, 0.5) is 4.39 Å². The van der Waals surface area contributed by atoms with Crippen molar-refractivity contribution >= 4 is 5.91 Å². The highest BCUT2D eigenvalue weighted by Crippen LogP contribution is 2.34. The molecule has 1 aliphatic heterocycles. The zero-order chi connectivity index (χ0) is 16.7. The maximum Gasteiger partial charge on any atom is 0.224 e. The monoisotopic (exact) mass is 322 g/mol. The van der Waals surface area contributed by atoms with E-state index in [2.05, 4.69) is 15.4 Å². The Bertz CT molecular complexity index is 931. The van der Waals surface area contributed by atoms with Crippen LogP contribution in [0.3, 0.4) is 0 Å². The molecule has 0 aliphatic carbocycles. The van der Waals surface area contributed by atoms with Gasteiger partial charge in [-0.2, -0.15) is 5.10 Å². The maximum atomic E-state index is 13.2. The Morgan fingerprint density at radius 1 is 1.17 bits per heavy atom. The van der Waals surface area contributed by atoms with Crippen LogP contribution in [0.15, 0.2) is 42.7 Å². The second-order valence-corrected chi connectivity index (χ2v) is 5.81. The third-order valence-electron chi connectivity index (χ3n) is 4.17. The number of rotatable bonds is 2. The van der Waals surface area contributed by atoms with E-state index in [4.69, 9.17) is 0 Å². The minimum Gasteiger partial charge on any atom is -0.350 e. The number of hydrogen-bond acceptors (Lipinski definition) is 3. The molecule has 0 atom stereocenters. The van der Waals surface area contributed by atoms with Gasteiger partial charge in [0.05, 0.1) is 18.7 Å². The quantitative estimate of drug-likeness (QED) is 0.788. The van der Waals surface area contributed by atoms with Crippen molar-refractivity contribution in [1.82, 2.24) is 20.1 Å². The van der Waals surface area contributed by atoms with Crippen LogP contribution < -0.4 is 5.32 Å². The number of pyridine rings is 1. The second-order valence-electron chi connectivity index (χ2n) is 5.81. The van der Waals surface area contributed by atoms with E-state index in [0.717, 1.165) is 33.6 Å². The van der Waals surface area contributed by atoms with Gasteiger partial charge in [0.1, 0.15) is 11.5 Å². The summed E-state index contributed by atoms with van der Waals surface area (Å²) in [5.74, 6) is -0.293. The van der Waals surface area contributed by atoms with Crippen molar-refractivity contribution in [2.45, 2.75) is 13.0 Å². The van der Waals surface area contributed by atoms with E-state index in [-0.39, 0.29) is 11.7 Å². The first-order chi connectivity index (χ1) is 11.6. The zero-order valence-electron chi connectivity index (χ0n) is 13.1. The van der Waals surface area contributed by atoms with Crippen molar-refractivity contribution in [2.75, 3.05) is 0 Å². The minimum absolute atomic E-state index is 0.0102. The number of carbonyl (C=O) groups excluding carboxylic acids is 1. The highest BCUT2D eigenvalue weighted by Gasteiger charge is 2.22. The number of nitrogens with zero attached hydrogens (tertiary/aromatic N) is 3. The first-order valence-electron chi connectivity index (χ1n) is 7.65. The molecule has 3 heterocycles. The summed E-state index contributed by atoms with van der Waals surface area (Å²) in [5.41, 5.74) is 5.26. The van der Waals surface area contributed by atoms with E-state index in [1.165, 1.54) is 12.1 Å². The van der Waals surface area contributed by atoms with Crippen LogP contribution in [0.5, 0.6) is 0 Å². The van der Waals surface area contributed by atoms with Crippen LogP contribution in [0.25, 0.3) is 22.4 Å². The van der Waals surface area contributed by atoms with Crippen molar-refractivity contribution in [2.24, 2.45) is 7.05 Å². The molecule has 4 rings (SSSR count). The standard InChI is InChI=1S/C18H15FN4O/c1-23-10-15(18(22-23)11-2-4-12(19)5-3-11)13-6-7-20-16-9-21-17(24)8-14(13)16/h2-7,10H,8-9H2,1H3,(H,21,24). The summed E-state index contributed by atoms with van der Waals surface area (Å²) in [4.78, 5) is 16.2. The Hall–Kier alpha value is -3.02. The van der Waals surface area contributed by atoms with Crippen LogP contribution in [-0.2, 0) is 24.8 Å². The third kappa shape index (κ3) is 2.46. The second kappa shape index (κ2) is 5.56. The SMILES string of the molecule is Cn1cc(-c2ccnc3c2CC(=O)NC3)c(-c2ccc(F)cc2)n1. The fourth-order valence-electron chi connectivity index (χ4n) is 3.05. The summed E-state index contributed by atoms with van der Waals surface area (Å²) in [5, 5.41) is 7.34. The Balaban J connectivity index is 1.90. The molecule has 120 valence electrons. The van der Waals surface area contributed by atoms with E-state index in [0.29, 0.717) is 13.0 Å². The van der Waals surface area contributed by atoms with E-state index in [1.54, 1.807) is 23.0 Å². The fourth-order valence-corrected chi connectivity index (χ4v) is 3.05. The predicted octanol–water partition coefficient (Wildman–Crippen LogP) is 2.46. The number of fused-ring (bicyclic) bond motifs is 1. The molecule has 0 saturated heterocycles. The number of aromatic nitrogens is 3. The lowest BCUT2D eigenvalue weighted by atomic mass is 9.93. The lowest BCUT2D eigenvalue weighted by Crippen LogP contribution is -2.31. The summed E-state index contributed by atoms with van der Waals surface area (Å²) in [6, 6.07) is 8.16. The van der Waals surface area contributed by atoms with Crippen molar-refractivity contribution in [3.63, 3.8) is 0 Å². The van der Waals surface area contributed by atoms with Crippen molar-refractivity contribution < 1.29 is 9.18 Å². The van der Waals surface area contributed by atoms with Gasteiger partial charge in [0.15, 0.2) is 0 Å². The van der Waals surface area contributed by atoms with Gasteiger partial charge in [-0.15, -0.1) is 0 Å². The van der Waals surface area contributed by atoms with Crippen LogP contribution >= 0.6 is 0 Å². The lowest BCUT2D eigenvalue weighted by Gasteiger charge is -2.18. The zero-order valence-corrected chi connectivity index (χ0v) is 13.1. The number of carbonyl (C=O) groups is 1. The summed E-state index contributed by atoms with van der Waals surface area (Å²) < 4.78 is 14.9. The average Bonchev–Trinajstić information content (AvgIpc) is 2.96. The summed E-state index contributed by atoms with van der Waals surface area (Å²) in [7, 11) is 1.84. The van der Waals surface area contributed by atoms with E-state index < -0.39 is 0 Å². The smallest absolute Gasteiger partial charge is 0.224 e. The third-order valence-corrected chi connectivity index (χ3v) is 4.17. The molecule has 2 aromatic heterocycles. The summed E-state index contributed by atoms with van der Waals surface area (Å²) in [6.07, 6.45) is 3.96. The molecule has 0 bridgehead atoms.